The Labute approximate surface area is 154 Å². The summed E-state index contributed by atoms with van der Waals surface area (Å²) < 4.78 is 1.96. The zero-order valence-electron chi connectivity index (χ0n) is 14.5. The van der Waals surface area contributed by atoms with E-state index in [4.69, 9.17) is 0 Å². The maximum Gasteiger partial charge on any atom is 0.257 e. The molecule has 0 fully saturated rings. The number of hydrogen-bond donors (Lipinski definition) is 1. The van der Waals surface area contributed by atoms with Gasteiger partial charge < -0.3 is 5.32 Å². The minimum absolute atomic E-state index is 0.571. The lowest BCUT2D eigenvalue weighted by Gasteiger charge is -2.11. The van der Waals surface area contributed by atoms with Gasteiger partial charge in [0.15, 0.2) is 0 Å². The molecule has 7 nitrogen and oxygen atoms in total. The van der Waals surface area contributed by atoms with Gasteiger partial charge in [-0.2, -0.15) is 4.98 Å². The molecule has 5 aromatic rings. The van der Waals surface area contributed by atoms with Crippen molar-refractivity contribution < 1.29 is 0 Å². The topological polar surface area (TPSA) is 80.9 Å². The normalized spacial score (nSPS) is 11.1. The number of aryl methyl sites for hydroxylation is 1. The second-order valence-electron chi connectivity index (χ2n) is 6.19. The first-order valence-electron chi connectivity index (χ1n) is 8.52. The van der Waals surface area contributed by atoms with Crippen molar-refractivity contribution in [2.45, 2.75) is 6.92 Å². The number of nitrogens with one attached hydrogen (secondary N) is 1. The molecule has 0 bridgehead atoms. The summed E-state index contributed by atoms with van der Waals surface area (Å²) in [6, 6.07) is 16.2. The summed E-state index contributed by atoms with van der Waals surface area (Å²) in [5.74, 6) is 2.12. The van der Waals surface area contributed by atoms with Crippen LogP contribution < -0.4 is 5.32 Å². The number of hydrogen-bond acceptors (Lipinski definition) is 6. The quantitative estimate of drug-likeness (QED) is 0.531. The standard InChI is InChI=1S/C20H15N7/c1-13-25-26-20-24-19(17-7-2-3-8-18(17)27(13)20)23-16-6-4-5-14(9-16)15-10-21-12-22-11-15/h2-12H,1H3,(H,23,24,26). The van der Waals surface area contributed by atoms with Crippen LogP contribution in [0.4, 0.5) is 11.5 Å². The fourth-order valence-electron chi connectivity index (χ4n) is 3.19. The molecule has 7 heteroatoms. The van der Waals surface area contributed by atoms with Crippen molar-refractivity contribution in [3.05, 3.63) is 73.1 Å². The van der Waals surface area contributed by atoms with E-state index < -0.39 is 0 Å². The average molecular weight is 353 g/mol. The van der Waals surface area contributed by atoms with Gasteiger partial charge in [0.2, 0.25) is 0 Å². The number of benzene rings is 2. The number of para-hydroxylation sites is 1. The highest BCUT2D eigenvalue weighted by Crippen LogP contribution is 2.28. The van der Waals surface area contributed by atoms with Crippen LogP contribution in [-0.4, -0.2) is 29.5 Å². The van der Waals surface area contributed by atoms with Crippen LogP contribution in [0, 0.1) is 6.92 Å². The molecule has 0 saturated heterocycles. The molecule has 27 heavy (non-hydrogen) atoms. The summed E-state index contributed by atoms with van der Waals surface area (Å²) in [6.07, 6.45) is 5.12. The first-order valence-corrected chi connectivity index (χ1v) is 8.52. The Bertz CT molecular complexity index is 1260. The van der Waals surface area contributed by atoms with Crippen LogP contribution in [0.3, 0.4) is 0 Å². The molecule has 3 heterocycles. The number of rotatable bonds is 3. The van der Waals surface area contributed by atoms with Crippen LogP contribution in [0.1, 0.15) is 5.82 Å². The predicted molar refractivity (Wildman–Crippen MR) is 104 cm³/mol. The maximum absolute atomic E-state index is 4.68. The molecule has 0 unspecified atom stereocenters. The van der Waals surface area contributed by atoms with E-state index in [2.05, 4.69) is 36.5 Å². The highest BCUT2D eigenvalue weighted by Gasteiger charge is 2.12. The first kappa shape index (κ1) is 15.4. The van der Waals surface area contributed by atoms with Gasteiger partial charge in [-0.1, -0.05) is 24.3 Å². The molecule has 0 spiro atoms. The van der Waals surface area contributed by atoms with Crippen molar-refractivity contribution in [2.75, 3.05) is 5.32 Å². The number of anilines is 2. The summed E-state index contributed by atoms with van der Waals surface area (Å²) in [5.41, 5.74) is 3.93. The summed E-state index contributed by atoms with van der Waals surface area (Å²) in [6.45, 7) is 1.92. The fraction of sp³-hybridized carbons (Fsp3) is 0.0500. The highest BCUT2D eigenvalue weighted by atomic mass is 15.3. The Morgan fingerprint density at radius 3 is 2.63 bits per heavy atom. The van der Waals surface area contributed by atoms with Crippen molar-refractivity contribution in [2.24, 2.45) is 0 Å². The molecule has 0 aliphatic rings. The van der Waals surface area contributed by atoms with Gasteiger partial charge in [-0.3, -0.25) is 4.40 Å². The third-order valence-electron chi connectivity index (χ3n) is 4.44. The highest BCUT2D eigenvalue weighted by molar-refractivity contribution is 5.93. The molecular weight excluding hydrogens is 338 g/mol. The zero-order chi connectivity index (χ0) is 18.2. The van der Waals surface area contributed by atoms with Crippen LogP contribution in [0.5, 0.6) is 0 Å². The number of aromatic nitrogens is 6. The SMILES string of the molecule is Cc1nnc2nc(Nc3cccc(-c4cncnc4)c3)c3ccccc3n12. The fourth-order valence-corrected chi connectivity index (χ4v) is 3.19. The van der Waals surface area contributed by atoms with Gasteiger partial charge in [-0.05, 0) is 36.8 Å². The Morgan fingerprint density at radius 1 is 0.889 bits per heavy atom. The van der Waals surface area contributed by atoms with Crippen molar-refractivity contribution in [3.8, 4) is 11.1 Å². The van der Waals surface area contributed by atoms with Crippen molar-refractivity contribution >= 4 is 28.2 Å². The Balaban J connectivity index is 1.63. The first-order chi connectivity index (χ1) is 13.3. The zero-order valence-corrected chi connectivity index (χ0v) is 14.5. The lowest BCUT2D eigenvalue weighted by molar-refractivity contribution is 1.02. The largest absolute Gasteiger partial charge is 0.340 e. The molecule has 0 aliphatic heterocycles. The van der Waals surface area contributed by atoms with Crippen LogP contribution in [-0.2, 0) is 0 Å². The molecular formula is C20H15N7. The molecule has 1 N–H and O–H groups in total. The van der Waals surface area contributed by atoms with Gasteiger partial charge in [-0.15, -0.1) is 10.2 Å². The molecule has 0 amide bonds. The molecule has 5 rings (SSSR count). The number of fused-ring (bicyclic) bond motifs is 3. The van der Waals surface area contributed by atoms with Gasteiger partial charge in [0.25, 0.3) is 5.78 Å². The molecule has 0 saturated carbocycles. The van der Waals surface area contributed by atoms with E-state index in [1.54, 1.807) is 12.4 Å². The van der Waals surface area contributed by atoms with Crippen LogP contribution in [0.2, 0.25) is 0 Å². The molecule has 130 valence electrons. The Morgan fingerprint density at radius 2 is 1.74 bits per heavy atom. The van der Waals surface area contributed by atoms with Crippen molar-refractivity contribution in [3.63, 3.8) is 0 Å². The van der Waals surface area contributed by atoms with Crippen LogP contribution in [0.15, 0.2) is 67.3 Å². The molecule has 0 aliphatic carbocycles. The van der Waals surface area contributed by atoms with E-state index in [1.807, 2.05) is 53.8 Å². The molecule has 0 atom stereocenters. The van der Waals surface area contributed by atoms with E-state index >= 15 is 0 Å². The monoisotopic (exact) mass is 353 g/mol. The van der Waals surface area contributed by atoms with E-state index in [-0.39, 0.29) is 0 Å². The van der Waals surface area contributed by atoms with E-state index in [1.165, 1.54) is 6.33 Å². The second kappa shape index (κ2) is 6.14. The predicted octanol–water partition coefficient (Wildman–Crippen LogP) is 3.79. The minimum Gasteiger partial charge on any atom is -0.340 e. The van der Waals surface area contributed by atoms with Crippen LogP contribution in [0.25, 0.3) is 27.8 Å². The molecule has 3 aromatic heterocycles. The number of nitrogens with zero attached hydrogens (tertiary/aromatic N) is 6. The van der Waals surface area contributed by atoms with E-state index in [9.17, 15) is 0 Å². The van der Waals surface area contributed by atoms with Crippen molar-refractivity contribution in [1.29, 1.82) is 0 Å². The van der Waals surface area contributed by atoms with Gasteiger partial charge >= 0.3 is 0 Å². The van der Waals surface area contributed by atoms with Gasteiger partial charge in [0, 0.05) is 29.0 Å². The lowest BCUT2D eigenvalue weighted by atomic mass is 10.1. The van der Waals surface area contributed by atoms with E-state index in [0.29, 0.717) is 5.78 Å². The Kier molecular flexibility index (Phi) is 3.50. The smallest absolute Gasteiger partial charge is 0.257 e. The third kappa shape index (κ3) is 2.65. The average Bonchev–Trinajstić information content (AvgIpc) is 3.10. The summed E-state index contributed by atoms with van der Waals surface area (Å²) in [5, 5.41) is 12.8. The maximum atomic E-state index is 4.68. The Hall–Kier alpha value is -3.87. The summed E-state index contributed by atoms with van der Waals surface area (Å²) >= 11 is 0. The van der Waals surface area contributed by atoms with Gasteiger partial charge in [0.05, 0.1) is 5.52 Å². The van der Waals surface area contributed by atoms with Crippen molar-refractivity contribution in [1.82, 2.24) is 29.5 Å². The lowest BCUT2D eigenvalue weighted by Crippen LogP contribution is -2.00. The molecule has 2 aromatic carbocycles. The van der Waals surface area contributed by atoms with E-state index in [0.717, 1.165) is 39.4 Å². The van der Waals surface area contributed by atoms with Crippen LogP contribution >= 0.6 is 0 Å². The second-order valence-corrected chi connectivity index (χ2v) is 6.19. The summed E-state index contributed by atoms with van der Waals surface area (Å²) in [7, 11) is 0. The van der Waals surface area contributed by atoms with Gasteiger partial charge in [0.1, 0.15) is 18.0 Å². The third-order valence-corrected chi connectivity index (χ3v) is 4.44. The van der Waals surface area contributed by atoms with Gasteiger partial charge in [-0.25, -0.2) is 9.97 Å². The minimum atomic E-state index is 0.571. The molecule has 0 radical (unpaired) electrons. The summed E-state index contributed by atoms with van der Waals surface area (Å²) in [4.78, 5) is 12.9.